The number of aliphatic hydroxyl groups excluding tert-OH is 12. The maximum absolute atomic E-state index is 11.5. The molecule has 20 heteroatoms. The van der Waals surface area contributed by atoms with Crippen LogP contribution < -0.4 is 0 Å². The number of hydrogen-bond donors (Lipinski definition) is 14. The van der Waals surface area contributed by atoms with E-state index in [9.17, 15) is 76.3 Å². The van der Waals surface area contributed by atoms with Crippen molar-refractivity contribution >= 4 is 5.97 Å². The molecule has 246 valence electrons. The van der Waals surface area contributed by atoms with E-state index < -0.39 is 136 Å². The van der Waals surface area contributed by atoms with Gasteiger partial charge in [-0.25, -0.2) is 4.79 Å². The molecule has 3 aliphatic rings. The highest BCUT2D eigenvalue weighted by atomic mass is 16.8. The molecule has 0 unspecified atom stereocenters. The molecule has 20 nitrogen and oxygen atoms in total. The quantitative estimate of drug-likeness (QED) is 0.102. The molecule has 0 aromatic heterocycles. The number of rotatable bonds is 11. The number of hydrogen-bond acceptors (Lipinski definition) is 19. The fourth-order valence-corrected chi connectivity index (χ4v) is 4.94. The van der Waals surface area contributed by atoms with Gasteiger partial charge in [0.15, 0.2) is 12.6 Å². The van der Waals surface area contributed by atoms with E-state index in [0.717, 1.165) is 0 Å². The van der Waals surface area contributed by atoms with E-state index in [1.165, 1.54) is 0 Å². The molecule has 0 aliphatic carbocycles. The van der Waals surface area contributed by atoms with Gasteiger partial charge in [-0.1, -0.05) is 0 Å². The molecule has 3 heterocycles. The Labute approximate surface area is 236 Å². The summed E-state index contributed by atoms with van der Waals surface area (Å²) in [5.74, 6) is -4.98. The van der Waals surface area contributed by atoms with Crippen molar-refractivity contribution in [1.82, 2.24) is 0 Å². The van der Waals surface area contributed by atoms with E-state index in [4.69, 9.17) is 23.7 Å². The molecule has 3 rings (SSSR count). The number of carboxylic acids is 1. The molecule has 0 spiro atoms. The summed E-state index contributed by atoms with van der Waals surface area (Å²) in [4.78, 5) is 11.5. The molecular formula is C22H38O20. The smallest absolute Gasteiger partial charge is 0.364 e. The van der Waals surface area contributed by atoms with Crippen molar-refractivity contribution in [3.8, 4) is 0 Å². The summed E-state index contributed by atoms with van der Waals surface area (Å²) in [7, 11) is 0. The average molecular weight is 623 g/mol. The largest absolute Gasteiger partial charge is 0.477 e. The maximum atomic E-state index is 11.5. The zero-order valence-corrected chi connectivity index (χ0v) is 21.8. The predicted octanol–water partition coefficient (Wildman–Crippen LogP) is -9.01. The van der Waals surface area contributed by atoms with E-state index in [1.54, 1.807) is 0 Å². The van der Waals surface area contributed by atoms with Crippen molar-refractivity contribution in [1.29, 1.82) is 0 Å². The Hall–Kier alpha value is -1.25. The Balaban J connectivity index is 1.90. The Morgan fingerprint density at radius 2 is 1.14 bits per heavy atom. The van der Waals surface area contributed by atoms with Crippen LogP contribution in [0.2, 0.25) is 0 Å². The molecule has 0 aromatic rings. The predicted molar refractivity (Wildman–Crippen MR) is 124 cm³/mol. The van der Waals surface area contributed by atoms with Gasteiger partial charge in [-0.05, 0) is 0 Å². The minimum Gasteiger partial charge on any atom is -0.477 e. The fourth-order valence-electron chi connectivity index (χ4n) is 4.94. The number of ether oxygens (including phenoxy) is 5. The molecule has 14 N–H and O–H groups in total. The van der Waals surface area contributed by atoms with Crippen molar-refractivity contribution in [2.75, 3.05) is 19.8 Å². The van der Waals surface area contributed by atoms with E-state index in [-0.39, 0.29) is 0 Å². The van der Waals surface area contributed by atoms with Crippen LogP contribution in [0.1, 0.15) is 6.42 Å². The first kappa shape index (κ1) is 35.2. The summed E-state index contributed by atoms with van der Waals surface area (Å²) < 4.78 is 26.6. The third kappa shape index (κ3) is 7.01. The summed E-state index contributed by atoms with van der Waals surface area (Å²) in [6.07, 6.45) is -32.4. The van der Waals surface area contributed by atoms with Gasteiger partial charge < -0.3 is 95.2 Å². The van der Waals surface area contributed by atoms with Gasteiger partial charge in [0.1, 0.15) is 79.4 Å². The second-order valence-corrected chi connectivity index (χ2v) is 10.3. The SMILES string of the molecule is O=C(O)[C@@]1(O)C[C@@H](O)[C@@H](O[C@H]2O[C@H]([C@@H](O)CO)[C@@H](O)[C@H](O[C@H]3O[C@H]([C@@H](O)CO)[C@@H](O)[C@H](O)[C@@H]3O)[C@@H]2O)[C@@H]([C@H](O)CO)O1. The molecule has 3 saturated heterocycles. The monoisotopic (exact) mass is 622 g/mol. The molecule has 0 aromatic carbocycles. The molecule has 0 saturated carbocycles. The summed E-state index contributed by atoms with van der Waals surface area (Å²) in [5.41, 5.74) is 0. The van der Waals surface area contributed by atoms with Crippen molar-refractivity contribution in [2.24, 2.45) is 0 Å². The second kappa shape index (κ2) is 14.2. The third-order valence-electron chi connectivity index (χ3n) is 7.32. The van der Waals surface area contributed by atoms with Crippen molar-refractivity contribution < 1.29 is 100.0 Å². The van der Waals surface area contributed by atoms with Gasteiger partial charge in [0.05, 0.1) is 25.9 Å². The van der Waals surface area contributed by atoms with Crippen LogP contribution in [0.3, 0.4) is 0 Å². The van der Waals surface area contributed by atoms with Gasteiger partial charge in [0.2, 0.25) is 0 Å². The van der Waals surface area contributed by atoms with Crippen molar-refractivity contribution in [3.05, 3.63) is 0 Å². The van der Waals surface area contributed by atoms with Gasteiger partial charge in [0.25, 0.3) is 5.79 Å². The molecular weight excluding hydrogens is 584 g/mol. The highest BCUT2D eigenvalue weighted by molar-refractivity contribution is 5.75. The number of carbonyl (C=O) groups is 1. The van der Waals surface area contributed by atoms with E-state index >= 15 is 0 Å². The number of aliphatic carboxylic acids is 1. The maximum Gasteiger partial charge on any atom is 0.364 e. The van der Waals surface area contributed by atoms with E-state index in [1.807, 2.05) is 0 Å². The third-order valence-corrected chi connectivity index (χ3v) is 7.32. The lowest BCUT2D eigenvalue weighted by atomic mass is 9.91. The van der Waals surface area contributed by atoms with Crippen molar-refractivity contribution in [3.63, 3.8) is 0 Å². The summed E-state index contributed by atoms with van der Waals surface area (Å²) in [6, 6.07) is 0. The van der Waals surface area contributed by atoms with Crippen LogP contribution in [-0.4, -0.2) is 201 Å². The number of aliphatic hydroxyl groups is 13. The molecule has 17 atom stereocenters. The van der Waals surface area contributed by atoms with Crippen LogP contribution in [0.4, 0.5) is 0 Å². The van der Waals surface area contributed by atoms with Crippen LogP contribution in [0.25, 0.3) is 0 Å². The van der Waals surface area contributed by atoms with Gasteiger partial charge in [-0.3, -0.25) is 0 Å². The molecule has 42 heavy (non-hydrogen) atoms. The summed E-state index contributed by atoms with van der Waals surface area (Å²) >= 11 is 0. The van der Waals surface area contributed by atoms with E-state index in [2.05, 4.69) is 0 Å². The average Bonchev–Trinajstić information content (AvgIpc) is 2.96. The molecule has 0 radical (unpaired) electrons. The molecule has 0 bridgehead atoms. The lowest BCUT2D eigenvalue weighted by Gasteiger charge is -2.49. The number of carboxylic acid groups (broad SMARTS) is 1. The first-order valence-corrected chi connectivity index (χ1v) is 12.8. The Morgan fingerprint density at radius 3 is 1.64 bits per heavy atom. The second-order valence-electron chi connectivity index (χ2n) is 10.3. The summed E-state index contributed by atoms with van der Waals surface area (Å²) in [5, 5.41) is 141. The van der Waals surface area contributed by atoms with Crippen LogP contribution >= 0.6 is 0 Å². The standard InChI is InChI=1S/C22H38O20/c23-2-6(27)14-10(31)9(30)11(32)19(38-14)41-18-12(33)15(7(28)3-24)39-20(13(18)34)40-16-5(26)1-22(37,21(35)36)42-17(16)8(29)4-25/h5-20,23-34,37H,1-4H2,(H,35,36)/t5-,6+,7+,8-,9+,10+,11+,12-,13+,14-,15-,16-,17-,18+,19-,20-,22-/m1/s1. The van der Waals surface area contributed by atoms with Gasteiger partial charge in [-0.15, -0.1) is 0 Å². The Morgan fingerprint density at radius 1 is 0.690 bits per heavy atom. The Bertz CT molecular complexity index is 881. The van der Waals surface area contributed by atoms with Gasteiger partial charge >= 0.3 is 5.97 Å². The van der Waals surface area contributed by atoms with Crippen molar-refractivity contribution in [2.45, 2.75) is 110 Å². The van der Waals surface area contributed by atoms with E-state index in [0.29, 0.717) is 0 Å². The lowest BCUT2D eigenvalue weighted by Crippen LogP contribution is -2.68. The van der Waals surface area contributed by atoms with Gasteiger partial charge in [-0.2, -0.15) is 0 Å². The highest BCUT2D eigenvalue weighted by Crippen LogP contribution is 2.36. The topological polar surface area (TPSA) is 346 Å². The highest BCUT2D eigenvalue weighted by Gasteiger charge is 2.57. The normalized spacial score (nSPS) is 47.0. The van der Waals surface area contributed by atoms with Gasteiger partial charge in [0, 0.05) is 6.42 Å². The molecule has 0 amide bonds. The zero-order valence-electron chi connectivity index (χ0n) is 21.8. The van der Waals surface area contributed by atoms with Crippen LogP contribution in [0, 0.1) is 0 Å². The van der Waals surface area contributed by atoms with Crippen LogP contribution in [0.5, 0.6) is 0 Å². The zero-order chi connectivity index (χ0) is 31.7. The molecule has 3 fully saturated rings. The minimum atomic E-state index is -3.03. The fraction of sp³-hybridized carbons (Fsp3) is 0.955. The minimum absolute atomic E-state index is 0.954. The first-order chi connectivity index (χ1) is 19.6. The Kier molecular flexibility index (Phi) is 11.9. The van der Waals surface area contributed by atoms with Crippen LogP contribution in [0.15, 0.2) is 0 Å². The summed E-state index contributed by atoms with van der Waals surface area (Å²) in [6.45, 7) is -3.06. The first-order valence-electron chi connectivity index (χ1n) is 12.8. The lowest BCUT2D eigenvalue weighted by molar-refractivity contribution is -0.386. The van der Waals surface area contributed by atoms with Crippen LogP contribution in [-0.2, 0) is 28.5 Å². The molecule has 3 aliphatic heterocycles.